The first-order valence-electron chi connectivity index (χ1n) is 8.10. The van der Waals surface area contributed by atoms with Crippen LogP contribution in [0.5, 0.6) is 5.75 Å². The highest BCUT2D eigenvalue weighted by Gasteiger charge is 2.19. The zero-order valence-electron chi connectivity index (χ0n) is 14.7. The topological polar surface area (TPSA) is 157 Å². The van der Waals surface area contributed by atoms with Crippen LogP contribution in [0.2, 0.25) is 0 Å². The molecule has 0 unspecified atom stereocenters. The molecule has 0 heterocycles. The van der Waals surface area contributed by atoms with Gasteiger partial charge in [-0.3, -0.25) is 9.79 Å². The van der Waals surface area contributed by atoms with Crippen LogP contribution in [0.4, 0.5) is 0 Å². The predicted molar refractivity (Wildman–Crippen MR) is 97.2 cm³/mol. The number of aromatic hydroxyl groups is 1. The Labute approximate surface area is 147 Å². The molecule has 0 aliphatic carbocycles. The average molecular weight is 349 g/mol. The van der Waals surface area contributed by atoms with Crippen molar-refractivity contribution in [2.24, 2.45) is 22.2 Å². The number of carbonyl (C=O) groups is 2. The van der Waals surface area contributed by atoms with E-state index in [0.717, 1.165) is 16.7 Å². The minimum atomic E-state index is -0.790. The van der Waals surface area contributed by atoms with Crippen LogP contribution < -0.4 is 22.5 Å². The molecule has 8 nitrogen and oxygen atoms in total. The molecule has 8 N–H and O–H groups in total. The lowest BCUT2D eigenvalue weighted by atomic mass is 9.96. The molecular weight excluding hydrogens is 322 g/mol. The van der Waals surface area contributed by atoms with E-state index in [1.165, 1.54) is 0 Å². The van der Waals surface area contributed by atoms with Crippen LogP contribution in [-0.4, -0.2) is 41.9 Å². The molecule has 1 rings (SSSR count). The van der Waals surface area contributed by atoms with E-state index in [1.54, 1.807) is 12.1 Å². The Morgan fingerprint density at radius 1 is 1.32 bits per heavy atom. The van der Waals surface area contributed by atoms with Crippen LogP contribution in [0.15, 0.2) is 17.1 Å². The molecule has 0 aliphatic heterocycles. The summed E-state index contributed by atoms with van der Waals surface area (Å²) >= 11 is 0. The van der Waals surface area contributed by atoms with Gasteiger partial charge in [-0.05, 0) is 61.9 Å². The summed E-state index contributed by atoms with van der Waals surface area (Å²) in [5.74, 6) is -0.224. The van der Waals surface area contributed by atoms with E-state index in [-0.39, 0.29) is 11.7 Å². The number of benzene rings is 1. The van der Waals surface area contributed by atoms with Crippen molar-refractivity contribution in [2.45, 2.75) is 45.2 Å². The third-order valence-electron chi connectivity index (χ3n) is 3.90. The summed E-state index contributed by atoms with van der Waals surface area (Å²) in [7, 11) is 0. The smallest absolute Gasteiger partial charge is 0.237 e. The zero-order chi connectivity index (χ0) is 19.0. The molecule has 1 aromatic rings. The maximum absolute atomic E-state index is 12.2. The number of amides is 1. The van der Waals surface area contributed by atoms with Crippen molar-refractivity contribution in [3.05, 3.63) is 28.8 Å². The molecule has 0 spiro atoms. The largest absolute Gasteiger partial charge is 0.508 e. The van der Waals surface area contributed by atoms with Gasteiger partial charge in [-0.15, -0.1) is 0 Å². The number of nitrogens with zero attached hydrogens (tertiary/aromatic N) is 1. The number of guanidine groups is 1. The molecule has 8 heteroatoms. The minimum absolute atomic E-state index is 0.00616. The van der Waals surface area contributed by atoms with Gasteiger partial charge in [0.05, 0.1) is 12.1 Å². The van der Waals surface area contributed by atoms with Crippen molar-refractivity contribution in [1.29, 1.82) is 0 Å². The number of carbonyl (C=O) groups excluding carboxylic acids is 2. The van der Waals surface area contributed by atoms with Crippen molar-refractivity contribution in [2.75, 3.05) is 6.54 Å². The van der Waals surface area contributed by atoms with Crippen molar-refractivity contribution in [3.63, 3.8) is 0 Å². The third kappa shape index (κ3) is 6.80. The number of phenolic OH excluding ortho intramolecular Hbond substituents is 1. The highest BCUT2D eigenvalue weighted by molar-refractivity contribution is 5.84. The Hall–Kier alpha value is -2.61. The highest BCUT2D eigenvalue weighted by atomic mass is 16.3. The molecule has 2 atom stereocenters. The van der Waals surface area contributed by atoms with E-state index in [9.17, 15) is 14.7 Å². The molecule has 1 amide bonds. The molecule has 0 aliphatic rings. The Bertz CT molecular complexity index is 618. The van der Waals surface area contributed by atoms with Crippen molar-refractivity contribution >= 4 is 18.2 Å². The number of rotatable bonds is 9. The van der Waals surface area contributed by atoms with Crippen LogP contribution in [-0.2, 0) is 16.0 Å². The van der Waals surface area contributed by atoms with Crippen molar-refractivity contribution in [1.82, 2.24) is 5.32 Å². The second-order valence-electron chi connectivity index (χ2n) is 6.07. The summed E-state index contributed by atoms with van der Waals surface area (Å²) in [4.78, 5) is 27.2. The summed E-state index contributed by atoms with van der Waals surface area (Å²) in [6.07, 6.45) is 1.99. The number of nitrogens with one attached hydrogen (secondary N) is 1. The van der Waals surface area contributed by atoms with E-state index >= 15 is 0 Å². The Morgan fingerprint density at radius 3 is 2.44 bits per heavy atom. The highest BCUT2D eigenvalue weighted by Crippen LogP contribution is 2.21. The van der Waals surface area contributed by atoms with Gasteiger partial charge in [0.25, 0.3) is 0 Å². The maximum atomic E-state index is 12.2. The molecular formula is C17H27N5O3. The van der Waals surface area contributed by atoms with Crippen LogP contribution in [0.3, 0.4) is 0 Å². The van der Waals surface area contributed by atoms with Gasteiger partial charge in [0.15, 0.2) is 5.96 Å². The van der Waals surface area contributed by atoms with Crippen LogP contribution >= 0.6 is 0 Å². The van der Waals surface area contributed by atoms with Gasteiger partial charge >= 0.3 is 0 Å². The van der Waals surface area contributed by atoms with Gasteiger partial charge in [0.1, 0.15) is 12.0 Å². The summed E-state index contributed by atoms with van der Waals surface area (Å²) in [5, 5.41) is 12.2. The summed E-state index contributed by atoms with van der Waals surface area (Å²) in [6.45, 7) is 4.09. The fraction of sp³-hybridized carbons (Fsp3) is 0.471. The number of hydrogen-bond donors (Lipinski definition) is 5. The van der Waals surface area contributed by atoms with Crippen LogP contribution in [0.1, 0.15) is 29.5 Å². The van der Waals surface area contributed by atoms with Gasteiger partial charge in [0, 0.05) is 6.54 Å². The van der Waals surface area contributed by atoms with E-state index in [2.05, 4.69) is 10.3 Å². The average Bonchev–Trinajstić information content (AvgIpc) is 2.52. The van der Waals surface area contributed by atoms with Crippen LogP contribution in [0.25, 0.3) is 0 Å². The number of nitrogens with two attached hydrogens (primary N) is 3. The Kier molecular flexibility index (Phi) is 7.87. The molecule has 138 valence electrons. The number of aryl methyl sites for hydroxylation is 2. The summed E-state index contributed by atoms with van der Waals surface area (Å²) in [5.41, 5.74) is 19.1. The number of aldehydes is 1. The lowest BCUT2D eigenvalue weighted by Crippen LogP contribution is -2.47. The first-order valence-corrected chi connectivity index (χ1v) is 8.10. The number of phenols is 1. The fourth-order valence-corrected chi connectivity index (χ4v) is 2.59. The molecule has 0 bridgehead atoms. The van der Waals surface area contributed by atoms with E-state index in [4.69, 9.17) is 17.2 Å². The quantitative estimate of drug-likeness (QED) is 0.177. The van der Waals surface area contributed by atoms with Crippen molar-refractivity contribution in [3.8, 4) is 5.75 Å². The first-order chi connectivity index (χ1) is 11.7. The first kappa shape index (κ1) is 20.4. The van der Waals surface area contributed by atoms with Gasteiger partial charge in [-0.1, -0.05) is 0 Å². The number of aliphatic imine (C=N–C) groups is 1. The Balaban J connectivity index is 2.60. The number of hydrogen-bond acceptors (Lipinski definition) is 5. The zero-order valence-corrected chi connectivity index (χ0v) is 14.7. The molecule has 25 heavy (non-hydrogen) atoms. The van der Waals surface area contributed by atoms with E-state index < -0.39 is 18.0 Å². The minimum Gasteiger partial charge on any atom is -0.508 e. The molecule has 0 saturated heterocycles. The fourth-order valence-electron chi connectivity index (χ4n) is 2.59. The maximum Gasteiger partial charge on any atom is 0.237 e. The third-order valence-corrected chi connectivity index (χ3v) is 3.90. The molecule has 0 fully saturated rings. The Morgan fingerprint density at radius 2 is 1.92 bits per heavy atom. The summed E-state index contributed by atoms with van der Waals surface area (Å²) < 4.78 is 0. The van der Waals surface area contributed by atoms with Crippen molar-refractivity contribution < 1.29 is 14.7 Å². The molecule has 0 saturated carbocycles. The molecule has 0 aromatic heterocycles. The van der Waals surface area contributed by atoms with Crippen LogP contribution in [0, 0.1) is 13.8 Å². The monoisotopic (exact) mass is 349 g/mol. The van der Waals surface area contributed by atoms with Gasteiger partial charge in [-0.2, -0.15) is 0 Å². The van der Waals surface area contributed by atoms with E-state index in [0.29, 0.717) is 32.1 Å². The molecule has 1 aromatic carbocycles. The van der Waals surface area contributed by atoms with Gasteiger partial charge in [0.2, 0.25) is 5.91 Å². The standard InChI is InChI=1S/C17H27N5O3/c1-10-6-13(24)7-11(2)14(10)8-15(18)16(25)22-12(9-23)4-3-5-21-17(19)20/h6-7,9,12,15,24H,3-5,8,18H2,1-2H3,(H,22,25)(H4,19,20,21)/t12-,15+/m1/s1. The normalized spacial score (nSPS) is 12.9. The lowest BCUT2D eigenvalue weighted by molar-refractivity contribution is -0.125. The SMILES string of the molecule is Cc1cc(O)cc(C)c1C[C@H](N)C(=O)N[C@@H](C=O)CCCN=C(N)N. The second-order valence-corrected chi connectivity index (χ2v) is 6.07. The lowest BCUT2D eigenvalue weighted by Gasteiger charge is -2.18. The van der Waals surface area contributed by atoms with Gasteiger partial charge < -0.3 is 32.4 Å². The second kappa shape index (κ2) is 9.63. The predicted octanol–water partition coefficient (Wildman–Crippen LogP) is -0.384. The van der Waals surface area contributed by atoms with Gasteiger partial charge in [-0.25, -0.2) is 0 Å². The van der Waals surface area contributed by atoms with E-state index in [1.807, 2.05) is 13.8 Å². The molecule has 0 radical (unpaired) electrons. The summed E-state index contributed by atoms with van der Waals surface area (Å²) in [6, 6.07) is 1.84.